The van der Waals surface area contributed by atoms with Gasteiger partial charge in [-0.1, -0.05) is 28.1 Å². The third-order valence-corrected chi connectivity index (χ3v) is 6.78. The summed E-state index contributed by atoms with van der Waals surface area (Å²) < 4.78 is 32.2. The van der Waals surface area contributed by atoms with Crippen LogP contribution < -0.4 is 5.32 Å². The molecule has 0 saturated carbocycles. The minimum absolute atomic E-state index is 0.254. The third kappa shape index (κ3) is 5.96. The van der Waals surface area contributed by atoms with Gasteiger partial charge in [-0.2, -0.15) is 4.31 Å². The second kappa shape index (κ2) is 8.71. The Hall–Kier alpha value is -1.12. The molecule has 0 bridgehead atoms. The molecule has 0 radical (unpaired) electrons. The summed E-state index contributed by atoms with van der Waals surface area (Å²) in [6.07, 6.45) is 1.00. The van der Waals surface area contributed by atoms with Crippen molar-refractivity contribution in [2.75, 3.05) is 19.6 Å². The van der Waals surface area contributed by atoms with Crippen molar-refractivity contribution in [3.05, 3.63) is 29.8 Å². The van der Waals surface area contributed by atoms with Gasteiger partial charge in [0.25, 0.3) is 0 Å². The van der Waals surface area contributed by atoms with Crippen molar-refractivity contribution in [2.24, 2.45) is 5.92 Å². The first kappa shape index (κ1) is 21.2. The first-order valence-electron chi connectivity index (χ1n) is 8.74. The first-order valence-corrected chi connectivity index (χ1v) is 11.3. The fraction of sp³-hybridized carbons (Fsp3) is 0.611. The highest BCUT2D eigenvalue weighted by Crippen LogP contribution is 2.24. The largest absolute Gasteiger partial charge is 0.444 e. The van der Waals surface area contributed by atoms with Crippen LogP contribution in [-0.2, 0) is 20.1 Å². The van der Waals surface area contributed by atoms with Crippen LogP contribution in [0.1, 0.15) is 39.2 Å². The number of carbonyl (C=O) groups excluding carboxylic acids is 1. The van der Waals surface area contributed by atoms with Crippen molar-refractivity contribution in [1.29, 1.82) is 0 Å². The van der Waals surface area contributed by atoms with E-state index >= 15 is 0 Å². The lowest BCUT2D eigenvalue weighted by Crippen LogP contribution is -2.42. The number of benzene rings is 1. The van der Waals surface area contributed by atoms with Crippen molar-refractivity contribution in [3.63, 3.8) is 0 Å². The zero-order valence-corrected chi connectivity index (χ0v) is 17.9. The van der Waals surface area contributed by atoms with Gasteiger partial charge in [-0.3, -0.25) is 0 Å². The maximum Gasteiger partial charge on any atom is 0.407 e. The SMILES string of the molecule is CC(C)(C)OC(=O)NCC1CCN(S(=O)(=O)c2ccc(CBr)cc2)CC1. The standard InChI is InChI=1S/C18H27BrN2O4S/c1-18(2,3)25-17(22)20-13-15-8-10-21(11-9-15)26(23,24)16-6-4-14(12-19)5-7-16/h4-7,15H,8-13H2,1-3H3,(H,20,22). The molecule has 0 aliphatic carbocycles. The summed E-state index contributed by atoms with van der Waals surface area (Å²) in [6, 6.07) is 6.95. The molecular weight excluding hydrogens is 420 g/mol. The molecule has 1 aromatic rings. The molecule has 0 aromatic heterocycles. The third-order valence-electron chi connectivity index (χ3n) is 4.22. The Bertz CT molecular complexity index is 706. The summed E-state index contributed by atoms with van der Waals surface area (Å²) in [7, 11) is -3.46. The summed E-state index contributed by atoms with van der Waals surface area (Å²) >= 11 is 3.36. The number of alkyl carbamates (subject to hydrolysis) is 1. The van der Waals surface area contributed by atoms with Gasteiger partial charge in [0, 0.05) is 25.0 Å². The van der Waals surface area contributed by atoms with Crippen molar-refractivity contribution >= 4 is 32.0 Å². The molecule has 1 N–H and O–H groups in total. The maximum atomic E-state index is 12.7. The summed E-state index contributed by atoms with van der Waals surface area (Å²) in [5.41, 5.74) is 0.516. The molecule has 0 atom stereocenters. The van der Waals surface area contributed by atoms with Crippen LogP contribution in [0.2, 0.25) is 0 Å². The molecule has 1 aliphatic heterocycles. The quantitative estimate of drug-likeness (QED) is 0.701. The molecule has 26 heavy (non-hydrogen) atoms. The Morgan fingerprint density at radius 3 is 2.31 bits per heavy atom. The van der Waals surface area contributed by atoms with Gasteiger partial charge in [0.05, 0.1) is 4.90 Å². The van der Waals surface area contributed by atoms with Crippen molar-refractivity contribution in [3.8, 4) is 0 Å². The second-order valence-electron chi connectivity index (χ2n) is 7.51. The fourth-order valence-electron chi connectivity index (χ4n) is 2.80. The smallest absolute Gasteiger partial charge is 0.407 e. The zero-order valence-electron chi connectivity index (χ0n) is 15.5. The van der Waals surface area contributed by atoms with E-state index in [1.54, 1.807) is 12.1 Å². The predicted octanol–water partition coefficient (Wildman–Crippen LogP) is 3.51. The van der Waals surface area contributed by atoms with E-state index in [0.717, 1.165) is 5.56 Å². The van der Waals surface area contributed by atoms with E-state index in [9.17, 15) is 13.2 Å². The number of nitrogens with one attached hydrogen (secondary N) is 1. The minimum atomic E-state index is -3.46. The van der Waals surface area contributed by atoms with E-state index in [0.29, 0.717) is 42.7 Å². The predicted molar refractivity (Wildman–Crippen MR) is 105 cm³/mol. The number of piperidine rings is 1. The molecule has 1 fully saturated rings. The van der Waals surface area contributed by atoms with Gasteiger partial charge in [-0.25, -0.2) is 13.2 Å². The van der Waals surface area contributed by atoms with E-state index in [1.807, 2.05) is 32.9 Å². The molecular formula is C18H27BrN2O4S. The highest BCUT2D eigenvalue weighted by Gasteiger charge is 2.29. The van der Waals surface area contributed by atoms with E-state index in [1.165, 1.54) is 4.31 Å². The van der Waals surface area contributed by atoms with Gasteiger partial charge in [0.15, 0.2) is 0 Å². The van der Waals surface area contributed by atoms with E-state index < -0.39 is 21.7 Å². The van der Waals surface area contributed by atoms with Crippen molar-refractivity contribution in [2.45, 2.75) is 49.4 Å². The van der Waals surface area contributed by atoms with Crippen molar-refractivity contribution < 1.29 is 17.9 Å². The van der Waals surface area contributed by atoms with Gasteiger partial charge in [0.1, 0.15) is 5.60 Å². The van der Waals surface area contributed by atoms with Crippen LogP contribution in [-0.4, -0.2) is 44.1 Å². The molecule has 2 rings (SSSR count). The van der Waals surface area contributed by atoms with Crippen molar-refractivity contribution in [1.82, 2.24) is 9.62 Å². The molecule has 8 heteroatoms. The Labute approximate surface area is 164 Å². The van der Waals surface area contributed by atoms with Gasteiger partial charge >= 0.3 is 6.09 Å². The number of sulfonamides is 1. The van der Waals surface area contributed by atoms with Crippen LogP contribution >= 0.6 is 15.9 Å². The zero-order chi connectivity index (χ0) is 19.4. The number of amides is 1. The highest BCUT2D eigenvalue weighted by molar-refractivity contribution is 9.08. The number of hydrogen-bond acceptors (Lipinski definition) is 4. The Kier molecular flexibility index (Phi) is 7.10. The molecule has 146 valence electrons. The van der Waals surface area contributed by atoms with Gasteiger partial charge < -0.3 is 10.1 Å². The molecule has 1 aliphatic rings. The number of halogens is 1. The number of alkyl halides is 1. The molecule has 0 spiro atoms. The lowest BCUT2D eigenvalue weighted by Gasteiger charge is -2.31. The molecule has 0 unspecified atom stereocenters. The number of nitrogens with zero attached hydrogens (tertiary/aromatic N) is 1. The molecule has 1 amide bonds. The Morgan fingerprint density at radius 1 is 1.23 bits per heavy atom. The van der Waals surface area contributed by atoms with Crippen LogP contribution in [0, 0.1) is 5.92 Å². The molecule has 1 heterocycles. The van der Waals surface area contributed by atoms with E-state index in [4.69, 9.17) is 4.74 Å². The van der Waals surface area contributed by atoms with Gasteiger partial charge in [0.2, 0.25) is 10.0 Å². The normalized spacial score (nSPS) is 17.1. The fourth-order valence-corrected chi connectivity index (χ4v) is 4.64. The Balaban J connectivity index is 1.86. The van der Waals surface area contributed by atoms with E-state index in [2.05, 4.69) is 21.2 Å². The summed E-state index contributed by atoms with van der Waals surface area (Å²) in [5.74, 6) is 0.254. The number of hydrogen-bond donors (Lipinski definition) is 1. The maximum absolute atomic E-state index is 12.7. The Morgan fingerprint density at radius 2 is 1.81 bits per heavy atom. The van der Waals surface area contributed by atoms with E-state index in [-0.39, 0.29) is 5.92 Å². The first-order chi connectivity index (χ1) is 12.1. The number of carbonyl (C=O) groups is 1. The monoisotopic (exact) mass is 446 g/mol. The summed E-state index contributed by atoms with van der Waals surface area (Å²) in [6.45, 7) is 6.89. The molecule has 1 saturated heterocycles. The molecule has 6 nitrogen and oxygen atoms in total. The second-order valence-corrected chi connectivity index (χ2v) is 10.0. The summed E-state index contributed by atoms with van der Waals surface area (Å²) in [5, 5.41) is 3.47. The lowest BCUT2D eigenvalue weighted by molar-refractivity contribution is 0.0513. The van der Waals surface area contributed by atoms with Crippen LogP contribution in [0.15, 0.2) is 29.2 Å². The van der Waals surface area contributed by atoms with Crippen LogP contribution in [0.4, 0.5) is 4.79 Å². The minimum Gasteiger partial charge on any atom is -0.444 e. The molecule has 1 aromatic carbocycles. The number of rotatable bonds is 5. The lowest BCUT2D eigenvalue weighted by atomic mass is 9.98. The van der Waals surface area contributed by atoms with Gasteiger partial charge in [-0.15, -0.1) is 0 Å². The average Bonchev–Trinajstić information content (AvgIpc) is 2.59. The van der Waals surface area contributed by atoms with Crippen LogP contribution in [0.3, 0.4) is 0 Å². The average molecular weight is 447 g/mol. The number of ether oxygens (including phenoxy) is 1. The summed E-state index contributed by atoms with van der Waals surface area (Å²) in [4.78, 5) is 12.0. The van der Waals surface area contributed by atoms with Crippen LogP contribution in [0.5, 0.6) is 0 Å². The van der Waals surface area contributed by atoms with Crippen LogP contribution in [0.25, 0.3) is 0 Å². The van der Waals surface area contributed by atoms with Gasteiger partial charge in [-0.05, 0) is 57.2 Å². The highest BCUT2D eigenvalue weighted by atomic mass is 79.9. The topological polar surface area (TPSA) is 75.7 Å².